The monoisotopic (exact) mass is 384 g/mol. The number of ether oxygens (including phenoxy) is 1. The van der Waals surface area contributed by atoms with Crippen LogP contribution in [0.3, 0.4) is 0 Å². The second-order valence-electron chi connectivity index (χ2n) is 7.33. The summed E-state index contributed by atoms with van der Waals surface area (Å²) >= 11 is 0. The van der Waals surface area contributed by atoms with Crippen molar-refractivity contribution in [2.24, 2.45) is 15.7 Å². The third-order valence-corrected chi connectivity index (χ3v) is 5.31. The highest BCUT2D eigenvalue weighted by atomic mass is 16.5. The molecule has 2 N–H and O–H groups in total. The molecule has 0 saturated carbocycles. The number of methoxy groups -OCH3 is 1. The Bertz CT molecular complexity index is 1090. The predicted molar refractivity (Wildman–Crippen MR) is 118 cm³/mol. The van der Waals surface area contributed by atoms with E-state index in [4.69, 9.17) is 20.5 Å². The van der Waals surface area contributed by atoms with Crippen LogP contribution < -0.4 is 10.5 Å². The lowest BCUT2D eigenvalue weighted by molar-refractivity contribution is 0.408. The molecular formula is C24H24N4O. The number of pyridine rings is 1. The summed E-state index contributed by atoms with van der Waals surface area (Å²) in [4.78, 5) is 14.0. The van der Waals surface area contributed by atoms with E-state index in [1.54, 1.807) is 13.3 Å². The molecule has 0 aliphatic carbocycles. The fourth-order valence-corrected chi connectivity index (χ4v) is 3.93. The van der Waals surface area contributed by atoms with E-state index in [0.717, 1.165) is 44.8 Å². The molecule has 3 aromatic rings. The van der Waals surface area contributed by atoms with Crippen LogP contribution >= 0.6 is 0 Å². The van der Waals surface area contributed by atoms with E-state index in [2.05, 4.69) is 29.2 Å². The van der Waals surface area contributed by atoms with Gasteiger partial charge in [0.2, 0.25) is 5.66 Å². The summed E-state index contributed by atoms with van der Waals surface area (Å²) in [7, 11) is 1.69. The molecule has 2 heterocycles. The first kappa shape index (κ1) is 18.9. The van der Waals surface area contributed by atoms with Crippen molar-refractivity contribution in [1.82, 2.24) is 4.98 Å². The number of aliphatic imine (C=N–C) groups is 2. The minimum absolute atomic E-state index is 0.461. The standard InChI is InChI=1S/C24H24N4O/c1-15-11-21(12-16(2)22(15)29-4)24(27-17(3)23(25)28-24)20-9-5-7-18(13-20)19-8-6-10-26-14-19/h5-14H,1-4H3,(H2,25,28). The number of nitrogens with two attached hydrogens (primary N) is 1. The van der Waals surface area contributed by atoms with Crippen molar-refractivity contribution >= 4 is 11.5 Å². The number of hydrogen-bond acceptors (Lipinski definition) is 5. The van der Waals surface area contributed by atoms with Crippen molar-refractivity contribution in [2.75, 3.05) is 7.11 Å². The molecule has 0 radical (unpaired) electrons. The fraction of sp³-hybridized carbons (Fsp3) is 0.208. The quantitative estimate of drug-likeness (QED) is 0.724. The molecule has 2 aromatic carbocycles. The third kappa shape index (κ3) is 3.18. The molecule has 0 amide bonds. The Hall–Kier alpha value is -3.47. The van der Waals surface area contributed by atoms with Gasteiger partial charge in [-0.05, 0) is 67.3 Å². The summed E-state index contributed by atoms with van der Waals surface area (Å²) < 4.78 is 5.55. The molecule has 4 rings (SSSR count). The van der Waals surface area contributed by atoms with Crippen LogP contribution in [0.1, 0.15) is 29.2 Å². The lowest BCUT2D eigenvalue weighted by Gasteiger charge is -2.26. The molecule has 146 valence electrons. The molecule has 5 heteroatoms. The van der Waals surface area contributed by atoms with E-state index in [1.165, 1.54) is 0 Å². The lowest BCUT2D eigenvalue weighted by atomic mass is 9.88. The normalized spacial score (nSPS) is 18.3. The van der Waals surface area contributed by atoms with E-state index in [9.17, 15) is 0 Å². The van der Waals surface area contributed by atoms with Crippen molar-refractivity contribution in [3.8, 4) is 16.9 Å². The van der Waals surface area contributed by atoms with Crippen LogP contribution in [0.4, 0.5) is 0 Å². The second-order valence-corrected chi connectivity index (χ2v) is 7.33. The number of hydrogen-bond donors (Lipinski definition) is 1. The average molecular weight is 384 g/mol. The second kappa shape index (κ2) is 7.17. The van der Waals surface area contributed by atoms with Gasteiger partial charge in [-0.1, -0.05) is 24.3 Å². The summed E-state index contributed by atoms with van der Waals surface area (Å²) in [5, 5.41) is 0. The first-order chi connectivity index (χ1) is 13.9. The summed E-state index contributed by atoms with van der Waals surface area (Å²) in [6.45, 7) is 5.97. The van der Waals surface area contributed by atoms with Gasteiger partial charge in [-0.15, -0.1) is 0 Å². The molecule has 0 fully saturated rings. The number of nitrogens with zero attached hydrogens (tertiary/aromatic N) is 3. The molecule has 1 unspecified atom stereocenters. The zero-order chi connectivity index (χ0) is 20.6. The molecule has 0 saturated heterocycles. The zero-order valence-corrected chi connectivity index (χ0v) is 17.1. The van der Waals surface area contributed by atoms with Gasteiger partial charge in [0.05, 0.1) is 12.8 Å². The first-order valence-electron chi connectivity index (χ1n) is 9.53. The Kier molecular flexibility index (Phi) is 4.66. The highest BCUT2D eigenvalue weighted by Gasteiger charge is 2.39. The van der Waals surface area contributed by atoms with Gasteiger partial charge in [-0.3, -0.25) is 4.98 Å². The Morgan fingerprint density at radius 3 is 2.17 bits per heavy atom. The van der Waals surface area contributed by atoms with Crippen LogP contribution in [0.2, 0.25) is 0 Å². The van der Waals surface area contributed by atoms with Gasteiger partial charge in [-0.2, -0.15) is 0 Å². The summed E-state index contributed by atoms with van der Waals surface area (Å²) in [6, 6.07) is 16.4. The van der Waals surface area contributed by atoms with Gasteiger partial charge in [-0.25, -0.2) is 9.98 Å². The fourth-order valence-electron chi connectivity index (χ4n) is 3.93. The minimum Gasteiger partial charge on any atom is -0.496 e. The van der Waals surface area contributed by atoms with Gasteiger partial charge < -0.3 is 10.5 Å². The topological polar surface area (TPSA) is 72.9 Å². The van der Waals surface area contributed by atoms with Crippen LogP contribution in [-0.4, -0.2) is 23.6 Å². The van der Waals surface area contributed by atoms with E-state index < -0.39 is 5.66 Å². The number of benzene rings is 2. The van der Waals surface area contributed by atoms with Crippen molar-refractivity contribution in [1.29, 1.82) is 0 Å². The maximum absolute atomic E-state index is 6.19. The summed E-state index contributed by atoms with van der Waals surface area (Å²) in [5.74, 6) is 1.34. The lowest BCUT2D eigenvalue weighted by Crippen LogP contribution is -2.23. The number of rotatable bonds is 4. The molecule has 29 heavy (non-hydrogen) atoms. The van der Waals surface area contributed by atoms with Crippen molar-refractivity contribution in [2.45, 2.75) is 26.4 Å². The van der Waals surface area contributed by atoms with Gasteiger partial charge >= 0.3 is 0 Å². The molecule has 1 aromatic heterocycles. The zero-order valence-electron chi connectivity index (χ0n) is 17.1. The van der Waals surface area contributed by atoms with Gasteiger partial charge in [0.15, 0.2) is 0 Å². The van der Waals surface area contributed by atoms with Crippen LogP contribution in [-0.2, 0) is 5.66 Å². The summed E-state index contributed by atoms with van der Waals surface area (Å²) in [6.07, 6.45) is 3.63. The van der Waals surface area contributed by atoms with E-state index >= 15 is 0 Å². The predicted octanol–water partition coefficient (Wildman–Crippen LogP) is 4.41. The molecular weight excluding hydrogens is 360 g/mol. The first-order valence-corrected chi connectivity index (χ1v) is 9.53. The van der Waals surface area contributed by atoms with Crippen molar-refractivity contribution < 1.29 is 4.74 Å². The van der Waals surface area contributed by atoms with E-state index in [0.29, 0.717) is 5.84 Å². The molecule has 5 nitrogen and oxygen atoms in total. The highest BCUT2D eigenvalue weighted by molar-refractivity contribution is 6.41. The third-order valence-electron chi connectivity index (χ3n) is 5.31. The Morgan fingerprint density at radius 1 is 0.862 bits per heavy atom. The number of aryl methyl sites for hydroxylation is 2. The Labute approximate surface area is 171 Å². The van der Waals surface area contributed by atoms with Crippen molar-refractivity contribution in [3.63, 3.8) is 0 Å². The van der Waals surface area contributed by atoms with Crippen LogP contribution in [0.25, 0.3) is 11.1 Å². The van der Waals surface area contributed by atoms with Gasteiger partial charge in [0.1, 0.15) is 11.6 Å². The number of aromatic nitrogens is 1. The molecule has 0 bridgehead atoms. The molecule has 1 aliphatic heterocycles. The van der Waals surface area contributed by atoms with Crippen LogP contribution in [0.5, 0.6) is 5.75 Å². The van der Waals surface area contributed by atoms with Gasteiger partial charge in [0, 0.05) is 23.5 Å². The largest absolute Gasteiger partial charge is 0.496 e. The van der Waals surface area contributed by atoms with Gasteiger partial charge in [0.25, 0.3) is 0 Å². The SMILES string of the molecule is COc1c(C)cc(C2(c3cccc(-c4cccnc4)c3)N=C(C)C(N)=N2)cc1C. The average Bonchev–Trinajstić information content (AvgIpc) is 3.04. The van der Waals surface area contributed by atoms with E-state index in [1.807, 2.05) is 51.2 Å². The molecule has 1 aliphatic rings. The summed E-state index contributed by atoms with van der Waals surface area (Å²) in [5.41, 5.74) is 12.1. The highest BCUT2D eigenvalue weighted by Crippen LogP contribution is 2.42. The molecule has 1 atom stereocenters. The Balaban J connectivity index is 1.94. The van der Waals surface area contributed by atoms with Crippen LogP contribution in [0.15, 0.2) is 70.9 Å². The number of amidine groups is 1. The maximum Gasteiger partial charge on any atom is 0.204 e. The maximum atomic E-state index is 6.19. The minimum atomic E-state index is -0.909. The van der Waals surface area contributed by atoms with Crippen LogP contribution in [0, 0.1) is 13.8 Å². The van der Waals surface area contributed by atoms with Crippen molar-refractivity contribution in [3.05, 3.63) is 83.2 Å². The molecule has 0 spiro atoms. The smallest absolute Gasteiger partial charge is 0.204 e. The van der Waals surface area contributed by atoms with E-state index in [-0.39, 0.29) is 0 Å². The Morgan fingerprint density at radius 2 is 1.59 bits per heavy atom.